The molecule has 1 N–H and O–H groups in total. The summed E-state index contributed by atoms with van der Waals surface area (Å²) in [5.41, 5.74) is 2.96. The quantitative estimate of drug-likeness (QED) is 0.684. The van der Waals surface area contributed by atoms with Crippen LogP contribution in [-0.2, 0) is 0 Å². The Balaban J connectivity index is 2.28. The molecule has 0 aliphatic rings. The van der Waals surface area contributed by atoms with Gasteiger partial charge >= 0.3 is 0 Å². The van der Waals surface area contributed by atoms with Gasteiger partial charge < -0.3 is 5.32 Å². The van der Waals surface area contributed by atoms with Crippen LogP contribution in [0.1, 0.15) is 23.9 Å². The Bertz CT molecular complexity index is 565. The van der Waals surface area contributed by atoms with Crippen molar-refractivity contribution in [1.29, 1.82) is 0 Å². The first kappa shape index (κ1) is 13.7. The number of nitrogens with one attached hydrogen (secondary N) is 1. The zero-order chi connectivity index (χ0) is 13.8. The predicted molar refractivity (Wildman–Crippen MR) is 76.6 cm³/mol. The molecule has 0 unspecified atom stereocenters. The summed E-state index contributed by atoms with van der Waals surface area (Å²) < 4.78 is 0. The molecule has 2 heterocycles. The van der Waals surface area contributed by atoms with Crippen LogP contribution in [0.15, 0.2) is 22.4 Å². The summed E-state index contributed by atoms with van der Waals surface area (Å²) in [5.74, 6) is 0.639. The Kier molecular flexibility index (Phi) is 4.31. The number of aromatic nitrogens is 4. The highest BCUT2D eigenvalue weighted by atomic mass is 32.2. The monoisotopic (exact) mass is 275 g/mol. The van der Waals surface area contributed by atoms with Gasteiger partial charge in [0.2, 0.25) is 5.95 Å². The van der Waals surface area contributed by atoms with E-state index in [0.717, 1.165) is 33.7 Å². The molecule has 2 rings (SSSR count). The van der Waals surface area contributed by atoms with Crippen LogP contribution in [0, 0.1) is 20.8 Å². The summed E-state index contributed by atoms with van der Waals surface area (Å²) in [6, 6.07) is 1.96. The molecule has 0 spiro atoms. The predicted octanol–water partition coefficient (Wildman–Crippen LogP) is 2.77. The van der Waals surface area contributed by atoms with Gasteiger partial charge in [-0.3, -0.25) is 0 Å². The number of nitrogens with zero attached hydrogens (tertiary/aromatic N) is 4. The fourth-order valence-electron chi connectivity index (χ4n) is 1.60. The third-order valence-electron chi connectivity index (χ3n) is 2.41. The molecule has 0 atom stereocenters. The molecule has 0 aromatic carbocycles. The average Bonchev–Trinajstić information content (AvgIpc) is 2.32. The molecule has 6 heteroatoms. The molecule has 0 saturated heterocycles. The summed E-state index contributed by atoms with van der Waals surface area (Å²) >= 11 is 1.47. The van der Waals surface area contributed by atoms with E-state index >= 15 is 0 Å². The molecule has 0 aliphatic heterocycles. The highest BCUT2D eigenvalue weighted by molar-refractivity contribution is 7.99. The molecule has 0 saturated carbocycles. The van der Waals surface area contributed by atoms with Crippen LogP contribution in [0.25, 0.3) is 0 Å². The topological polar surface area (TPSA) is 63.6 Å². The average molecular weight is 275 g/mol. The second-order valence-corrected chi connectivity index (χ2v) is 5.20. The molecule has 0 aliphatic carbocycles. The summed E-state index contributed by atoms with van der Waals surface area (Å²) in [6.45, 7) is 8.74. The molecule has 0 fully saturated rings. The van der Waals surface area contributed by atoms with Crippen LogP contribution in [0.5, 0.6) is 0 Å². The lowest BCUT2D eigenvalue weighted by Gasteiger charge is -2.07. The first-order chi connectivity index (χ1) is 9.08. The third kappa shape index (κ3) is 3.64. The van der Waals surface area contributed by atoms with E-state index in [4.69, 9.17) is 0 Å². The van der Waals surface area contributed by atoms with Crippen molar-refractivity contribution in [1.82, 2.24) is 19.9 Å². The molecule has 2 aromatic heterocycles. The Morgan fingerprint density at radius 1 is 1.11 bits per heavy atom. The van der Waals surface area contributed by atoms with Crippen LogP contribution >= 0.6 is 11.8 Å². The summed E-state index contributed by atoms with van der Waals surface area (Å²) in [5, 5.41) is 4.72. The van der Waals surface area contributed by atoms with E-state index in [0.29, 0.717) is 5.95 Å². The van der Waals surface area contributed by atoms with Crippen LogP contribution in [-0.4, -0.2) is 26.5 Å². The minimum atomic E-state index is 0.639. The van der Waals surface area contributed by atoms with Gasteiger partial charge in [0.25, 0.3) is 0 Å². The molecular weight excluding hydrogens is 258 g/mol. The van der Waals surface area contributed by atoms with Crippen molar-refractivity contribution in [2.24, 2.45) is 0 Å². The van der Waals surface area contributed by atoms with E-state index in [-0.39, 0.29) is 0 Å². The number of hydrogen-bond donors (Lipinski definition) is 1. The minimum Gasteiger partial charge on any atom is -0.354 e. The van der Waals surface area contributed by atoms with Crippen LogP contribution in [0.4, 0.5) is 5.95 Å². The van der Waals surface area contributed by atoms with Crippen LogP contribution < -0.4 is 5.32 Å². The standard InChI is InChI=1S/C13H17N5S/c1-5-14-12-15-7-8(2)11(18-12)19-13-16-9(3)6-10(4)17-13/h6-7H,5H2,1-4H3,(H,14,15,18). The minimum absolute atomic E-state index is 0.639. The SMILES string of the molecule is CCNc1ncc(C)c(Sc2nc(C)cc(C)n2)n1. The van der Waals surface area contributed by atoms with Crippen molar-refractivity contribution in [3.63, 3.8) is 0 Å². The number of anilines is 1. The second-order valence-electron chi connectivity index (χ2n) is 4.25. The highest BCUT2D eigenvalue weighted by Crippen LogP contribution is 2.26. The number of aryl methyl sites for hydroxylation is 3. The van der Waals surface area contributed by atoms with Gasteiger partial charge in [-0.05, 0) is 45.5 Å². The number of rotatable bonds is 4. The van der Waals surface area contributed by atoms with Crippen molar-refractivity contribution < 1.29 is 0 Å². The molecular formula is C13H17N5S. The lowest BCUT2D eigenvalue weighted by atomic mass is 10.4. The van der Waals surface area contributed by atoms with E-state index in [1.54, 1.807) is 0 Å². The first-order valence-electron chi connectivity index (χ1n) is 6.16. The van der Waals surface area contributed by atoms with Gasteiger partial charge in [-0.15, -0.1) is 0 Å². The maximum atomic E-state index is 4.48. The van der Waals surface area contributed by atoms with Crippen LogP contribution in [0.3, 0.4) is 0 Å². The molecule has 2 aromatic rings. The molecule has 19 heavy (non-hydrogen) atoms. The Hall–Kier alpha value is -1.69. The Labute approximate surface area is 117 Å². The maximum absolute atomic E-state index is 4.48. The molecule has 0 radical (unpaired) electrons. The third-order valence-corrected chi connectivity index (χ3v) is 3.38. The second kappa shape index (κ2) is 5.97. The lowest BCUT2D eigenvalue weighted by molar-refractivity contribution is 0.894. The number of hydrogen-bond acceptors (Lipinski definition) is 6. The van der Waals surface area contributed by atoms with E-state index in [2.05, 4.69) is 25.3 Å². The Morgan fingerprint density at radius 3 is 2.42 bits per heavy atom. The van der Waals surface area contributed by atoms with E-state index in [1.165, 1.54) is 11.8 Å². The van der Waals surface area contributed by atoms with Crippen molar-refractivity contribution in [3.05, 3.63) is 29.2 Å². The molecule has 0 amide bonds. The zero-order valence-electron chi connectivity index (χ0n) is 11.6. The van der Waals surface area contributed by atoms with Gasteiger partial charge in [-0.1, -0.05) is 0 Å². The summed E-state index contributed by atoms with van der Waals surface area (Å²) in [6.07, 6.45) is 1.82. The van der Waals surface area contributed by atoms with Crippen molar-refractivity contribution in [3.8, 4) is 0 Å². The molecule has 0 bridgehead atoms. The largest absolute Gasteiger partial charge is 0.354 e. The van der Waals surface area contributed by atoms with Gasteiger partial charge in [-0.2, -0.15) is 0 Å². The first-order valence-corrected chi connectivity index (χ1v) is 6.97. The molecule has 5 nitrogen and oxygen atoms in total. The maximum Gasteiger partial charge on any atom is 0.223 e. The Morgan fingerprint density at radius 2 is 1.79 bits per heavy atom. The zero-order valence-corrected chi connectivity index (χ0v) is 12.4. The van der Waals surface area contributed by atoms with Crippen molar-refractivity contribution in [2.75, 3.05) is 11.9 Å². The van der Waals surface area contributed by atoms with Gasteiger partial charge in [0.05, 0.1) is 0 Å². The van der Waals surface area contributed by atoms with E-state index in [9.17, 15) is 0 Å². The fourth-order valence-corrected chi connectivity index (χ4v) is 2.50. The van der Waals surface area contributed by atoms with Gasteiger partial charge in [0.1, 0.15) is 5.03 Å². The van der Waals surface area contributed by atoms with E-state index < -0.39 is 0 Å². The van der Waals surface area contributed by atoms with Gasteiger partial charge in [-0.25, -0.2) is 19.9 Å². The lowest BCUT2D eigenvalue weighted by Crippen LogP contribution is -2.03. The van der Waals surface area contributed by atoms with Crippen LogP contribution in [0.2, 0.25) is 0 Å². The summed E-state index contributed by atoms with van der Waals surface area (Å²) in [4.78, 5) is 17.5. The van der Waals surface area contributed by atoms with Gasteiger partial charge in [0, 0.05) is 29.7 Å². The smallest absolute Gasteiger partial charge is 0.223 e. The fraction of sp³-hybridized carbons (Fsp3) is 0.385. The van der Waals surface area contributed by atoms with E-state index in [1.807, 2.05) is 40.0 Å². The normalized spacial score (nSPS) is 10.5. The van der Waals surface area contributed by atoms with Gasteiger partial charge in [0.15, 0.2) is 5.16 Å². The van der Waals surface area contributed by atoms with Crippen molar-refractivity contribution >= 4 is 17.7 Å². The highest BCUT2D eigenvalue weighted by Gasteiger charge is 2.08. The van der Waals surface area contributed by atoms with Crippen molar-refractivity contribution in [2.45, 2.75) is 37.9 Å². The summed E-state index contributed by atoms with van der Waals surface area (Å²) in [7, 11) is 0. The molecule has 100 valence electrons.